The van der Waals surface area contributed by atoms with Crippen molar-refractivity contribution in [2.24, 2.45) is 0 Å². The van der Waals surface area contributed by atoms with Gasteiger partial charge in [0.1, 0.15) is 5.75 Å². The summed E-state index contributed by atoms with van der Waals surface area (Å²) >= 11 is 0. The van der Waals surface area contributed by atoms with E-state index in [-0.39, 0.29) is 5.72 Å². The fourth-order valence-corrected chi connectivity index (χ4v) is 3.45. The van der Waals surface area contributed by atoms with Crippen LogP contribution in [0.1, 0.15) is 37.7 Å². The Labute approximate surface area is 126 Å². The first-order valence-electron chi connectivity index (χ1n) is 7.93. The zero-order valence-corrected chi connectivity index (χ0v) is 12.6. The van der Waals surface area contributed by atoms with Gasteiger partial charge in [-0.2, -0.15) is 0 Å². The Balaban J connectivity index is 1.76. The Morgan fingerprint density at radius 1 is 1.24 bits per heavy atom. The number of likely N-dealkylation sites (tertiary alicyclic amines) is 1. The molecule has 0 amide bonds. The minimum absolute atomic E-state index is 0.229. The highest BCUT2D eigenvalue weighted by molar-refractivity contribution is 5.76. The van der Waals surface area contributed by atoms with Gasteiger partial charge in [0.2, 0.25) is 0 Å². The summed E-state index contributed by atoms with van der Waals surface area (Å²) in [6, 6.07) is 6.02. The highest BCUT2D eigenvalue weighted by atomic mass is 16.5. The van der Waals surface area contributed by atoms with Gasteiger partial charge < -0.3 is 20.7 Å². The number of ether oxygens (including phenoxy) is 1. The Morgan fingerprint density at radius 3 is 2.67 bits per heavy atom. The van der Waals surface area contributed by atoms with Crippen LogP contribution in [-0.4, -0.2) is 30.8 Å². The lowest BCUT2D eigenvalue weighted by Gasteiger charge is -2.46. The Kier molecular flexibility index (Phi) is 2.89. The van der Waals surface area contributed by atoms with Gasteiger partial charge in [0, 0.05) is 42.9 Å². The van der Waals surface area contributed by atoms with Crippen LogP contribution in [0.15, 0.2) is 23.8 Å². The van der Waals surface area contributed by atoms with Gasteiger partial charge in [0.15, 0.2) is 5.72 Å². The summed E-state index contributed by atoms with van der Waals surface area (Å²) in [4.78, 5) is 2.37. The predicted molar refractivity (Wildman–Crippen MR) is 84.9 cm³/mol. The molecule has 1 saturated heterocycles. The van der Waals surface area contributed by atoms with Crippen molar-refractivity contribution >= 4 is 11.4 Å². The Bertz CT molecular complexity index is 594. The number of nitrogens with two attached hydrogens (primary N) is 1. The van der Waals surface area contributed by atoms with Crippen molar-refractivity contribution in [1.29, 1.82) is 0 Å². The van der Waals surface area contributed by atoms with Crippen molar-refractivity contribution in [3.8, 4) is 5.75 Å². The number of hydrogen-bond donors (Lipinski definition) is 2. The molecule has 1 aromatic rings. The average molecular weight is 285 g/mol. The molecule has 0 aromatic heterocycles. The van der Waals surface area contributed by atoms with Crippen LogP contribution in [-0.2, 0) is 0 Å². The summed E-state index contributed by atoms with van der Waals surface area (Å²) in [5.74, 6) is 0.988. The summed E-state index contributed by atoms with van der Waals surface area (Å²) in [5.41, 5.74) is 10.5. The summed E-state index contributed by atoms with van der Waals surface area (Å²) in [6.07, 6.45) is 5.74. The molecule has 0 bridgehead atoms. The predicted octanol–water partition coefficient (Wildman–Crippen LogP) is 2.57. The van der Waals surface area contributed by atoms with Crippen LogP contribution in [0.3, 0.4) is 0 Å². The Morgan fingerprint density at radius 2 is 2.00 bits per heavy atom. The molecule has 3 N–H and O–H groups in total. The number of nitrogen functional groups attached to an aromatic ring is 1. The van der Waals surface area contributed by atoms with E-state index in [4.69, 9.17) is 10.5 Å². The van der Waals surface area contributed by atoms with Gasteiger partial charge in [-0.25, -0.2) is 0 Å². The Hall–Kier alpha value is -1.68. The van der Waals surface area contributed by atoms with Gasteiger partial charge in [-0.05, 0) is 50.1 Å². The molecule has 0 unspecified atom stereocenters. The second-order valence-corrected chi connectivity index (χ2v) is 6.61. The van der Waals surface area contributed by atoms with E-state index in [2.05, 4.69) is 17.3 Å². The minimum Gasteiger partial charge on any atom is -0.467 e. The molecule has 4 nitrogen and oxygen atoms in total. The van der Waals surface area contributed by atoms with Gasteiger partial charge in [-0.3, -0.25) is 0 Å². The minimum atomic E-state index is -0.229. The first kappa shape index (κ1) is 13.0. The van der Waals surface area contributed by atoms with Crippen LogP contribution in [0.4, 0.5) is 5.69 Å². The molecule has 2 fully saturated rings. The quantitative estimate of drug-likeness (QED) is 0.719. The van der Waals surface area contributed by atoms with Crippen LogP contribution in [0.5, 0.6) is 5.75 Å². The number of nitrogens with zero attached hydrogens (tertiary/aromatic N) is 1. The van der Waals surface area contributed by atoms with E-state index in [0.29, 0.717) is 0 Å². The smallest absolute Gasteiger partial charge is 0.183 e. The van der Waals surface area contributed by atoms with Crippen molar-refractivity contribution in [2.75, 3.05) is 25.9 Å². The van der Waals surface area contributed by atoms with Gasteiger partial charge in [-0.1, -0.05) is 0 Å². The average Bonchev–Trinajstić information content (AvgIpc) is 2.42. The standard InChI is InChI=1S/C17H23N3O/c1-20-9-7-17(8-10-20)19-16(12-3-2-4-12)14-11-13(18)5-6-15(14)21-17/h5-6,11,19H,2-4,7-10,18H2,1H3. The zero-order chi connectivity index (χ0) is 14.4. The zero-order valence-electron chi connectivity index (χ0n) is 12.6. The van der Waals surface area contributed by atoms with E-state index >= 15 is 0 Å². The van der Waals surface area contributed by atoms with Crippen molar-refractivity contribution in [2.45, 2.75) is 37.8 Å². The molecule has 1 aliphatic carbocycles. The highest BCUT2D eigenvalue weighted by Crippen LogP contribution is 2.43. The number of allylic oxidation sites excluding steroid dienone is 1. The summed E-state index contributed by atoms with van der Waals surface area (Å²) < 4.78 is 6.39. The SMILES string of the molecule is CN1CCC2(CC1)NC(=C1CCC1)c1cc(N)ccc1O2. The van der Waals surface area contributed by atoms with Crippen molar-refractivity contribution in [3.63, 3.8) is 0 Å². The normalized spacial score (nSPS) is 24.0. The van der Waals surface area contributed by atoms with Crippen molar-refractivity contribution in [3.05, 3.63) is 29.3 Å². The molecule has 112 valence electrons. The fraction of sp³-hybridized carbons (Fsp3) is 0.529. The van der Waals surface area contributed by atoms with E-state index in [0.717, 1.165) is 42.9 Å². The molecule has 1 aromatic carbocycles. The van der Waals surface area contributed by atoms with Gasteiger partial charge in [0.25, 0.3) is 0 Å². The molecular formula is C17H23N3O. The topological polar surface area (TPSA) is 50.5 Å². The van der Waals surface area contributed by atoms with Crippen LogP contribution in [0.2, 0.25) is 0 Å². The molecule has 2 aliphatic heterocycles. The molecular weight excluding hydrogens is 262 g/mol. The van der Waals surface area contributed by atoms with Crippen LogP contribution in [0.25, 0.3) is 5.70 Å². The van der Waals surface area contributed by atoms with Crippen LogP contribution in [0, 0.1) is 0 Å². The molecule has 21 heavy (non-hydrogen) atoms. The third-order valence-corrected chi connectivity index (χ3v) is 5.04. The number of anilines is 1. The third kappa shape index (κ3) is 2.18. The second kappa shape index (κ2) is 4.67. The molecule has 4 rings (SSSR count). The maximum atomic E-state index is 6.39. The molecule has 2 heterocycles. The van der Waals surface area contributed by atoms with Crippen molar-refractivity contribution in [1.82, 2.24) is 10.2 Å². The van der Waals surface area contributed by atoms with Crippen molar-refractivity contribution < 1.29 is 4.74 Å². The van der Waals surface area contributed by atoms with E-state index in [1.165, 1.54) is 30.5 Å². The second-order valence-electron chi connectivity index (χ2n) is 6.61. The van der Waals surface area contributed by atoms with Gasteiger partial charge >= 0.3 is 0 Å². The monoisotopic (exact) mass is 285 g/mol. The summed E-state index contributed by atoms with van der Waals surface area (Å²) in [7, 11) is 2.18. The lowest BCUT2D eigenvalue weighted by molar-refractivity contribution is -0.0135. The largest absolute Gasteiger partial charge is 0.467 e. The highest BCUT2D eigenvalue weighted by Gasteiger charge is 2.41. The molecule has 1 spiro atoms. The van der Waals surface area contributed by atoms with E-state index in [1.807, 2.05) is 18.2 Å². The number of benzene rings is 1. The number of hydrogen-bond acceptors (Lipinski definition) is 4. The molecule has 4 heteroatoms. The maximum Gasteiger partial charge on any atom is 0.183 e. The number of rotatable bonds is 0. The molecule has 0 radical (unpaired) electrons. The van der Waals surface area contributed by atoms with Gasteiger partial charge in [-0.15, -0.1) is 0 Å². The van der Waals surface area contributed by atoms with Crippen LogP contribution < -0.4 is 15.8 Å². The van der Waals surface area contributed by atoms with Crippen LogP contribution >= 0.6 is 0 Å². The first-order chi connectivity index (χ1) is 10.2. The lowest BCUT2D eigenvalue weighted by atomic mass is 9.86. The number of piperidine rings is 1. The van der Waals surface area contributed by atoms with E-state index < -0.39 is 0 Å². The maximum absolute atomic E-state index is 6.39. The first-order valence-corrected chi connectivity index (χ1v) is 7.93. The summed E-state index contributed by atoms with van der Waals surface area (Å²) in [5, 5.41) is 3.75. The number of fused-ring (bicyclic) bond motifs is 1. The number of nitrogens with one attached hydrogen (secondary N) is 1. The van der Waals surface area contributed by atoms with Gasteiger partial charge in [0.05, 0.1) is 0 Å². The molecule has 0 atom stereocenters. The lowest BCUT2D eigenvalue weighted by Crippen LogP contribution is -2.58. The fourth-order valence-electron chi connectivity index (χ4n) is 3.45. The molecule has 1 saturated carbocycles. The van der Waals surface area contributed by atoms with E-state index in [1.54, 1.807) is 0 Å². The summed E-state index contributed by atoms with van der Waals surface area (Å²) in [6.45, 7) is 2.14. The third-order valence-electron chi connectivity index (χ3n) is 5.04. The van der Waals surface area contributed by atoms with E-state index in [9.17, 15) is 0 Å². The molecule has 3 aliphatic rings.